The number of benzene rings is 1. The zero-order valence-electron chi connectivity index (χ0n) is 7.62. The summed E-state index contributed by atoms with van der Waals surface area (Å²) in [7, 11) is 0. The second-order valence-electron chi connectivity index (χ2n) is 3.09. The van der Waals surface area contributed by atoms with E-state index in [0.29, 0.717) is 5.88 Å². The zero-order valence-corrected chi connectivity index (χ0v) is 9.21. The van der Waals surface area contributed by atoms with Crippen LogP contribution in [0.25, 0.3) is 11.1 Å². The highest BCUT2D eigenvalue weighted by Crippen LogP contribution is 2.32. The summed E-state index contributed by atoms with van der Waals surface area (Å²) >= 11 is 3.48. The average Bonchev–Trinajstić information content (AvgIpc) is 2.52. The van der Waals surface area contributed by atoms with Gasteiger partial charge in [-0.2, -0.15) is 0 Å². The van der Waals surface area contributed by atoms with Gasteiger partial charge in [-0.1, -0.05) is 33.2 Å². The van der Waals surface area contributed by atoms with Crippen molar-refractivity contribution >= 4 is 21.8 Å². The first-order valence-electron chi connectivity index (χ1n) is 4.15. The highest BCUT2D eigenvalue weighted by atomic mass is 79.9. The van der Waals surface area contributed by atoms with E-state index >= 15 is 0 Å². The van der Waals surface area contributed by atoms with Gasteiger partial charge in [0.25, 0.3) is 0 Å². The van der Waals surface area contributed by atoms with E-state index in [2.05, 4.69) is 21.1 Å². The molecule has 2 N–H and O–H groups in total. The van der Waals surface area contributed by atoms with Crippen molar-refractivity contribution in [1.82, 2.24) is 5.16 Å². The maximum absolute atomic E-state index is 5.63. The van der Waals surface area contributed by atoms with Crippen LogP contribution in [-0.4, -0.2) is 5.16 Å². The topological polar surface area (TPSA) is 52.0 Å². The van der Waals surface area contributed by atoms with Crippen LogP contribution in [0.1, 0.15) is 5.56 Å². The molecule has 0 aliphatic carbocycles. The van der Waals surface area contributed by atoms with E-state index in [1.165, 1.54) is 5.56 Å². The van der Waals surface area contributed by atoms with Crippen LogP contribution >= 0.6 is 15.9 Å². The van der Waals surface area contributed by atoms with Gasteiger partial charge < -0.3 is 10.3 Å². The number of hydrogen-bond acceptors (Lipinski definition) is 3. The van der Waals surface area contributed by atoms with Crippen molar-refractivity contribution in [1.29, 1.82) is 0 Å². The van der Waals surface area contributed by atoms with Crippen molar-refractivity contribution in [2.24, 2.45) is 0 Å². The summed E-state index contributed by atoms with van der Waals surface area (Å²) < 4.78 is 5.80. The third kappa shape index (κ3) is 1.53. The summed E-state index contributed by atoms with van der Waals surface area (Å²) in [5, 5.41) is 3.64. The monoisotopic (exact) mass is 252 g/mol. The molecule has 1 heterocycles. The molecule has 2 rings (SSSR count). The molecule has 1 aromatic heterocycles. The van der Waals surface area contributed by atoms with E-state index in [0.717, 1.165) is 15.6 Å². The molecule has 0 radical (unpaired) electrons. The van der Waals surface area contributed by atoms with Gasteiger partial charge in [-0.3, -0.25) is 0 Å². The number of nitrogens with two attached hydrogens (primary N) is 1. The Kier molecular flexibility index (Phi) is 2.29. The molecular weight excluding hydrogens is 244 g/mol. The Labute approximate surface area is 90.0 Å². The summed E-state index contributed by atoms with van der Waals surface area (Å²) in [6, 6.07) is 6.04. The predicted octanol–water partition coefficient (Wildman–Crippen LogP) is 2.99. The van der Waals surface area contributed by atoms with Crippen molar-refractivity contribution in [3.8, 4) is 11.1 Å². The fraction of sp³-hybridized carbons (Fsp3) is 0.100. The van der Waals surface area contributed by atoms with Crippen LogP contribution in [0.5, 0.6) is 0 Å². The lowest BCUT2D eigenvalue weighted by molar-refractivity contribution is 0.436. The first kappa shape index (κ1) is 9.27. The Balaban J connectivity index is 2.58. The maximum atomic E-state index is 5.63. The minimum atomic E-state index is 0.342. The van der Waals surface area contributed by atoms with Gasteiger partial charge in [-0.15, -0.1) is 0 Å². The second-order valence-corrected chi connectivity index (χ2v) is 3.94. The molecule has 0 fully saturated rings. The Morgan fingerprint density at radius 2 is 2.14 bits per heavy atom. The molecule has 0 amide bonds. The quantitative estimate of drug-likeness (QED) is 0.849. The molecule has 14 heavy (non-hydrogen) atoms. The van der Waals surface area contributed by atoms with Crippen LogP contribution in [0.3, 0.4) is 0 Å². The van der Waals surface area contributed by atoms with Gasteiger partial charge >= 0.3 is 0 Å². The SMILES string of the molecule is Cc1ccc(-c2cnoc2N)c(Br)c1. The highest BCUT2D eigenvalue weighted by molar-refractivity contribution is 9.10. The summed E-state index contributed by atoms with van der Waals surface area (Å²) in [6.45, 7) is 2.03. The third-order valence-corrected chi connectivity index (χ3v) is 2.67. The van der Waals surface area contributed by atoms with E-state index < -0.39 is 0 Å². The van der Waals surface area contributed by atoms with Crippen molar-refractivity contribution < 1.29 is 4.52 Å². The lowest BCUT2D eigenvalue weighted by Gasteiger charge is -2.02. The molecule has 4 heteroatoms. The maximum Gasteiger partial charge on any atom is 0.229 e. The van der Waals surface area contributed by atoms with Gasteiger partial charge in [0.2, 0.25) is 5.88 Å². The number of nitrogen functional groups attached to an aromatic ring is 1. The van der Waals surface area contributed by atoms with Crippen LogP contribution in [0, 0.1) is 6.92 Å². The fourth-order valence-corrected chi connectivity index (χ4v) is 2.00. The summed E-state index contributed by atoms with van der Waals surface area (Å²) in [4.78, 5) is 0. The average molecular weight is 253 g/mol. The number of aryl methyl sites for hydroxylation is 1. The minimum absolute atomic E-state index is 0.342. The van der Waals surface area contributed by atoms with E-state index in [9.17, 15) is 0 Å². The predicted molar refractivity (Wildman–Crippen MR) is 58.8 cm³/mol. The normalized spacial score (nSPS) is 10.4. The number of aromatic nitrogens is 1. The van der Waals surface area contributed by atoms with Crippen LogP contribution in [0.4, 0.5) is 5.88 Å². The van der Waals surface area contributed by atoms with Gasteiger partial charge in [0, 0.05) is 10.0 Å². The molecule has 1 aromatic carbocycles. The Bertz CT molecular complexity index is 465. The molecular formula is C10H9BrN2O. The van der Waals surface area contributed by atoms with Gasteiger partial charge in [0.05, 0.1) is 11.8 Å². The Hall–Kier alpha value is -1.29. The molecule has 0 saturated carbocycles. The standard InChI is InChI=1S/C10H9BrN2O/c1-6-2-3-7(9(11)4-6)8-5-13-14-10(8)12/h2-5H,12H2,1H3. The molecule has 0 unspecified atom stereocenters. The van der Waals surface area contributed by atoms with E-state index in [1.54, 1.807) is 6.20 Å². The van der Waals surface area contributed by atoms with Crippen LogP contribution in [0.2, 0.25) is 0 Å². The molecule has 0 atom stereocenters. The van der Waals surface area contributed by atoms with Crippen LogP contribution < -0.4 is 5.73 Å². The molecule has 0 bridgehead atoms. The van der Waals surface area contributed by atoms with Gasteiger partial charge in [0.15, 0.2) is 0 Å². The fourth-order valence-electron chi connectivity index (χ4n) is 1.29. The zero-order chi connectivity index (χ0) is 10.1. The molecule has 0 spiro atoms. The number of anilines is 1. The summed E-state index contributed by atoms with van der Waals surface area (Å²) in [6.07, 6.45) is 1.62. The molecule has 3 nitrogen and oxygen atoms in total. The third-order valence-electron chi connectivity index (χ3n) is 2.01. The molecule has 0 aliphatic rings. The molecule has 2 aromatic rings. The van der Waals surface area contributed by atoms with Gasteiger partial charge in [0.1, 0.15) is 0 Å². The first-order chi connectivity index (χ1) is 6.68. The number of halogens is 1. The Morgan fingerprint density at radius 3 is 2.71 bits per heavy atom. The number of nitrogens with zero attached hydrogens (tertiary/aromatic N) is 1. The van der Waals surface area contributed by atoms with E-state index in [4.69, 9.17) is 10.3 Å². The Morgan fingerprint density at radius 1 is 1.36 bits per heavy atom. The minimum Gasteiger partial charge on any atom is -0.367 e. The first-order valence-corrected chi connectivity index (χ1v) is 4.94. The van der Waals surface area contributed by atoms with E-state index in [1.807, 2.05) is 25.1 Å². The van der Waals surface area contributed by atoms with Crippen molar-refractivity contribution in [3.63, 3.8) is 0 Å². The second kappa shape index (κ2) is 3.46. The highest BCUT2D eigenvalue weighted by Gasteiger charge is 2.09. The number of rotatable bonds is 1. The molecule has 72 valence electrons. The number of hydrogen-bond donors (Lipinski definition) is 1. The van der Waals surface area contributed by atoms with Crippen molar-refractivity contribution in [2.45, 2.75) is 6.92 Å². The largest absolute Gasteiger partial charge is 0.367 e. The molecule has 0 saturated heterocycles. The lowest BCUT2D eigenvalue weighted by atomic mass is 10.1. The van der Waals surface area contributed by atoms with Crippen molar-refractivity contribution in [3.05, 3.63) is 34.4 Å². The molecule has 0 aliphatic heterocycles. The van der Waals surface area contributed by atoms with Gasteiger partial charge in [-0.25, -0.2) is 0 Å². The van der Waals surface area contributed by atoms with Crippen LogP contribution in [0.15, 0.2) is 33.4 Å². The van der Waals surface area contributed by atoms with E-state index in [-0.39, 0.29) is 0 Å². The van der Waals surface area contributed by atoms with Crippen molar-refractivity contribution in [2.75, 3.05) is 5.73 Å². The summed E-state index contributed by atoms with van der Waals surface area (Å²) in [5.74, 6) is 0.342. The van der Waals surface area contributed by atoms with Gasteiger partial charge in [-0.05, 0) is 18.6 Å². The van der Waals surface area contributed by atoms with Crippen LogP contribution in [-0.2, 0) is 0 Å². The summed E-state index contributed by atoms with van der Waals surface area (Å²) in [5.41, 5.74) is 8.63. The smallest absolute Gasteiger partial charge is 0.229 e. The lowest BCUT2D eigenvalue weighted by Crippen LogP contribution is -1.86.